The molecule has 12 nitrogen and oxygen atoms in total. The first-order valence-electron chi connectivity index (χ1n) is 46.1. The van der Waals surface area contributed by atoms with Gasteiger partial charge in [0.1, 0.15) is 49.6 Å². The van der Waals surface area contributed by atoms with Crippen molar-refractivity contribution >= 4 is 72.5 Å². The average Bonchev–Trinajstić information content (AvgIpc) is 1.47. The topological polar surface area (TPSA) is 48.2 Å². The van der Waals surface area contributed by atoms with Crippen molar-refractivity contribution in [2.45, 2.75) is 202 Å². The van der Waals surface area contributed by atoms with Gasteiger partial charge in [0.25, 0.3) is 23.3 Å². The Bertz CT molecular complexity index is 6400. The lowest BCUT2D eigenvalue weighted by atomic mass is 9.58. The minimum absolute atomic E-state index is 0.106. The van der Waals surface area contributed by atoms with Crippen LogP contribution >= 0.6 is 0 Å². The number of hydrogen-bond acceptors (Lipinski definition) is 4. The zero-order chi connectivity index (χ0) is 90.7. The first kappa shape index (κ1) is 89.3. The predicted molar refractivity (Wildman–Crippen MR) is 539 cm³/mol. The normalized spacial score (nSPS) is 13.1. The van der Waals surface area contributed by atoms with E-state index in [1.54, 1.807) is 0 Å². The number of rotatable bonds is 12. The number of imidazole rings is 4. The molecule has 0 bridgehead atoms. The zero-order valence-corrected chi connectivity index (χ0v) is 81.8. The third kappa shape index (κ3) is 15.4. The van der Waals surface area contributed by atoms with Crippen molar-refractivity contribution in [1.29, 1.82) is 0 Å². The number of nitrogens with zero attached hydrogens (tertiary/aromatic N) is 12. The van der Waals surface area contributed by atoms with Crippen molar-refractivity contribution in [3.63, 3.8) is 0 Å². The summed E-state index contributed by atoms with van der Waals surface area (Å²) in [5, 5.41) is 0. The summed E-state index contributed by atoms with van der Waals surface area (Å²) >= 11 is 0. The van der Waals surface area contributed by atoms with Gasteiger partial charge in [-0.3, -0.25) is 17.9 Å². The highest BCUT2D eigenvalue weighted by atomic mass is 15.3. The summed E-state index contributed by atoms with van der Waals surface area (Å²) in [6, 6.07) is 59.2. The van der Waals surface area contributed by atoms with Crippen LogP contribution in [0.3, 0.4) is 0 Å². The lowest BCUT2D eigenvalue weighted by Crippen LogP contribution is -2.71. The van der Waals surface area contributed by atoms with Crippen molar-refractivity contribution in [2.75, 3.05) is 47.4 Å². The van der Waals surface area contributed by atoms with E-state index in [1.807, 2.05) is 0 Å². The molecular weight excluding hydrogens is 1530 g/mol. The van der Waals surface area contributed by atoms with E-state index >= 15 is 0 Å². The Balaban J connectivity index is 0.000000130. The highest BCUT2D eigenvalue weighted by Crippen LogP contribution is 2.46. The fourth-order valence-corrected chi connectivity index (χ4v) is 22.0. The van der Waals surface area contributed by atoms with Gasteiger partial charge in [-0.1, -0.05) is 223 Å². The van der Waals surface area contributed by atoms with Crippen LogP contribution in [0.15, 0.2) is 207 Å². The van der Waals surface area contributed by atoms with Crippen LogP contribution in [-0.2, 0) is 28.2 Å². The second kappa shape index (κ2) is 35.0. The van der Waals surface area contributed by atoms with Crippen LogP contribution in [0.2, 0.25) is 0 Å². The molecule has 0 atom stereocenters. The van der Waals surface area contributed by atoms with Gasteiger partial charge in [-0.2, -0.15) is 0 Å². The molecule has 4 aliphatic heterocycles. The predicted octanol–water partition coefficient (Wildman–Crippen LogP) is 20.5. The molecule has 14 aromatic rings. The molecule has 16 heteroatoms. The monoisotopic (exact) mass is 1670 g/mol. The summed E-state index contributed by atoms with van der Waals surface area (Å²) in [7, 11) is 17.7. The molecule has 18 rings (SSSR count). The highest BCUT2D eigenvalue weighted by molar-refractivity contribution is 6.72. The Morgan fingerprint density at radius 3 is 0.833 bits per heavy atom. The smallest absolute Gasteiger partial charge is 0.372 e. The van der Waals surface area contributed by atoms with Gasteiger partial charge in [-0.25, -0.2) is 18.3 Å². The highest BCUT2D eigenvalue weighted by Gasteiger charge is 2.51. The van der Waals surface area contributed by atoms with Crippen molar-refractivity contribution < 1.29 is 17.9 Å². The Morgan fingerprint density at radius 1 is 0.230 bits per heavy atom. The summed E-state index contributed by atoms with van der Waals surface area (Å²) in [6.45, 7) is 55.0. The Kier molecular flexibility index (Phi) is 24.8. The number of fused-ring (bicyclic) bond motifs is 12. The standard InChI is InChI=1S/C32H39BN3.C28H31BN3.2C25H33BN3/c1-20(2)26-14-11-15-27(21(3)4)30(26)25-18-24(7)29-28(19-25)35(9)33(36-17-16-34(8)32(29)36)31-22(5)12-10-13-23(31)6;1-18-10-8-11-19(2)25(18)23-16-22(5)26-24(17-23)31(7)29(32-15-14-30(6)28(26)32)27-20(3)12-9-13-21(27)4;1-16(2)20-10-9-11-21(17(3)4)24(20)26-28(8)22-15-18(5)14-19(6)23(22)25-27(7)12-13-29(25)26;1-16(2)20-10-9-11-21(17(3)4)23(20)26-28(8)24-19(6)13-12-18(5)22(24)25-27(7)14-15-29(25)26/h10-21H,1-9H3;8-17H,1-7H3;2*9-17H,1-8H3/q4*+1. The lowest BCUT2D eigenvalue weighted by molar-refractivity contribution is -0.524. The van der Waals surface area contributed by atoms with E-state index in [-0.39, 0.29) is 27.9 Å². The largest absolute Gasteiger partial charge is 0.537 e. The summed E-state index contributed by atoms with van der Waals surface area (Å²) in [6.07, 6.45) is 17.7. The molecule has 0 saturated carbocycles. The van der Waals surface area contributed by atoms with Crippen LogP contribution in [0.5, 0.6) is 0 Å². The summed E-state index contributed by atoms with van der Waals surface area (Å²) in [5.74, 6) is 7.94. The summed E-state index contributed by atoms with van der Waals surface area (Å²) in [4.78, 5) is 9.93. The average molecular weight is 1670 g/mol. The number of aromatic nitrogens is 8. The maximum Gasteiger partial charge on any atom is 0.537 e. The van der Waals surface area contributed by atoms with Gasteiger partial charge in [0, 0.05) is 44.6 Å². The summed E-state index contributed by atoms with van der Waals surface area (Å²) in [5.41, 5.74) is 46.2. The van der Waals surface area contributed by atoms with Gasteiger partial charge in [0.15, 0.2) is 0 Å². The fourth-order valence-electron chi connectivity index (χ4n) is 22.0. The molecule has 0 amide bonds. The maximum absolute atomic E-state index is 2.50. The van der Waals surface area contributed by atoms with Gasteiger partial charge in [0.2, 0.25) is 0 Å². The molecule has 0 N–H and O–H groups in total. The molecule has 644 valence electrons. The molecule has 0 radical (unpaired) electrons. The van der Waals surface area contributed by atoms with Crippen molar-refractivity contribution in [1.82, 2.24) is 18.3 Å². The number of hydrogen-bond donors (Lipinski definition) is 0. The second-order valence-corrected chi connectivity index (χ2v) is 39.1. The third-order valence-electron chi connectivity index (χ3n) is 28.1. The molecule has 0 fully saturated rings. The van der Waals surface area contributed by atoms with Gasteiger partial charge in [-0.15, -0.1) is 0 Å². The second-order valence-electron chi connectivity index (χ2n) is 39.1. The number of anilines is 4. The van der Waals surface area contributed by atoms with E-state index in [4.69, 9.17) is 0 Å². The van der Waals surface area contributed by atoms with E-state index in [0.717, 1.165) is 0 Å². The maximum atomic E-state index is 2.50. The van der Waals surface area contributed by atoms with E-state index in [0.29, 0.717) is 35.5 Å². The zero-order valence-electron chi connectivity index (χ0n) is 81.8. The van der Waals surface area contributed by atoms with Crippen molar-refractivity contribution in [3.8, 4) is 67.8 Å². The van der Waals surface area contributed by atoms with Crippen LogP contribution in [0, 0.1) is 83.1 Å². The lowest BCUT2D eigenvalue weighted by Gasteiger charge is -2.35. The number of benzene rings is 10. The van der Waals surface area contributed by atoms with E-state index in [1.165, 1.54) is 213 Å². The van der Waals surface area contributed by atoms with Crippen molar-refractivity contribution in [3.05, 3.63) is 307 Å². The van der Waals surface area contributed by atoms with Gasteiger partial charge < -0.3 is 19.2 Å². The summed E-state index contributed by atoms with van der Waals surface area (Å²) < 4.78 is 18.9. The quantitative estimate of drug-likeness (QED) is 0.114. The molecule has 0 aliphatic carbocycles. The number of aryl methyl sites for hydroxylation is 16. The van der Waals surface area contributed by atoms with E-state index in [9.17, 15) is 0 Å². The molecule has 0 saturated heterocycles. The fraction of sp³-hybridized carbons (Fsp3) is 0.345. The van der Waals surface area contributed by atoms with Crippen LogP contribution in [0.1, 0.15) is 219 Å². The minimum Gasteiger partial charge on any atom is -0.372 e. The third-order valence-corrected chi connectivity index (χ3v) is 28.1. The van der Waals surface area contributed by atoms with E-state index < -0.39 is 0 Å². The molecule has 126 heavy (non-hydrogen) atoms. The van der Waals surface area contributed by atoms with Crippen LogP contribution < -0.4 is 59.0 Å². The van der Waals surface area contributed by atoms with Crippen LogP contribution in [-0.4, -0.2) is 74.4 Å². The van der Waals surface area contributed by atoms with Crippen LogP contribution in [0.25, 0.3) is 67.8 Å². The molecule has 10 aromatic carbocycles. The van der Waals surface area contributed by atoms with Gasteiger partial charge in [0.05, 0.1) is 50.4 Å². The molecule has 0 spiro atoms. The Hall–Kier alpha value is -11.5. The molecular formula is C110H136B4N12+4. The van der Waals surface area contributed by atoms with Gasteiger partial charge >= 0.3 is 27.9 Å². The van der Waals surface area contributed by atoms with Gasteiger partial charge in [-0.05, 0) is 287 Å². The van der Waals surface area contributed by atoms with Crippen LogP contribution in [0.4, 0.5) is 22.7 Å². The molecule has 8 heterocycles. The Labute approximate surface area is 756 Å². The molecule has 4 aliphatic rings. The molecule has 0 unspecified atom stereocenters. The molecule has 4 aromatic heterocycles. The Morgan fingerprint density at radius 2 is 0.492 bits per heavy atom. The first-order chi connectivity index (χ1) is 59.9. The first-order valence-corrected chi connectivity index (χ1v) is 46.1. The minimum atomic E-state index is 0.106. The van der Waals surface area contributed by atoms with E-state index in [2.05, 4.69) is 485 Å². The van der Waals surface area contributed by atoms with Crippen molar-refractivity contribution in [2.24, 2.45) is 28.2 Å². The SMILES string of the molecule is Cc1cc(C)c2c(c1)N(C)B(c1c(C(C)C)cccc1C(C)C)[n+]1ccn(C)c1-2.Cc1ccc(C)c2c1-c1n(C)cc[n+]1B(c1c(C(C)C)cccc1C(C)C)N2C.Cc1cccc(C)c1B1N(C)c2cc(-c3c(C(C)C)cccc3C(C)C)cc(C)c2-c2n(C)cc[n+]21.Cc1cccc(C)c1B1N(C)c2cc(-c3c(C)cccc3C)cc(C)c2-c2n(C)cc[n+]21.